The zero-order valence-electron chi connectivity index (χ0n) is 22.8. The van der Waals surface area contributed by atoms with Crippen molar-refractivity contribution in [1.82, 2.24) is 0 Å². The van der Waals surface area contributed by atoms with Crippen LogP contribution in [0, 0.1) is 0 Å². The molecule has 0 radical (unpaired) electrons. The largest absolute Gasteiger partial charge is 0.485 e. The zero-order chi connectivity index (χ0) is 27.6. The topological polar surface area (TPSA) is 22.4 Å². The molecule has 2 heterocycles. The Kier molecular flexibility index (Phi) is 5.06. The molecule has 2 atom stereocenters. The fourth-order valence-electron chi connectivity index (χ4n) is 7.00. The molecular formula is C40H26O2. The number of hydrogen-bond acceptors (Lipinski definition) is 2. The van der Waals surface area contributed by atoms with E-state index < -0.39 is 0 Å². The maximum absolute atomic E-state index is 6.50. The molecule has 42 heavy (non-hydrogen) atoms. The Morgan fingerprint density at radius 3 is 1.93 bits per heavy atom. The van der Waals surface area contributed by atoms with Gasteiger partial charge in [-0.05, 0) is 74.1 Å². The van der Waals surface area contributed by atoms with Gasteiger partial charge in [-0.3, -0.25) is 0 Å². The van der Waals surface area contributed by atoms with Crippen molar-refractivity contribution in [3.8, 4) is 39.3 Å². The molecule has 1 aliphatic heterocycles. The molecule has 0 bridgehead atoms. The van der Waals surface area contributed by atoms with Crippen LogP contribution in [-0.2, 0) is 0 Å². The highest BCUT2D eigenvalue weighted by atomic mass is 16.5. The van der Waals surface area contributed by atoms with Gasteiger partial charge in [-0.1, -0.05) is 115 Å². The lowest BCUT2D eigenvalue weighted by Gasteiger charge is -2.17. The van der Waals surface area contributed by atoms with Crippen LogP contribution >= 0.6 is 0 Å². The Bertz CT molecular complexity index is 2180. The molecule has 1 aromatic heterocycles. The first-order chi connectivity index (χ1) is 20.8. The van der Waals surface area contributed by atoms with Gasteiger partial charge < -0.3 is 9.15 Å². The second kappa shape index (κ2) is 9.09. The van der Waals surface area contributed by atoms with Gasteiger partial charge in [0, 0.05) is 22.4 Å². The van der Waals surface area contributed by atoms with Crippen LogP contribution < -0.4 is 4.74 Å². The lowest BCUT2D eigenvalue weighted by atomic mass is 9.86. The first-order valence-electron chi connectivity index (χ1n) is 14.5. The summed E-state index contributed by atoms with van der Waals surface area (Å²) in [6.07, 6.45) is 8.59. The molecule has 2 nitrogen and oxygen atoms in total. The van der Waals surface area contributed by atoms with Crippen molar-refractivity contribution in [2.75, 3.05) is 0 Å². The molecule has 6 aromatic carbocycles. The molecule has 0 saturated heterocycles. The van der Waals surface area contributed by atoms with E-state index in [9.17, 15) is 0 Å². The third-order valence-electron chi connectivity index (χ3n) is 8.81. The van der Waals surface area contributed by atoms with Gasteiger partial charge in [-0.15, -0.1) is 0 Å². The molecular weight excluding hydrogens is 512 g/mol. The van der Waals surface area contributed by atoms with E-state index in [1.54, 1.807) is 0 Å². The minimum atomic E-state index is 0.0440. The molecule has 1 aliphatic carbocycles. The Labute approximate surface area is 243 Å². The average Bonchev–Trinajstić information content (AvgIpc) is 3.65. The van der Waals surface area contributed by atoms with Crippen molar-refractivity contribution in [2.24, 2.45) is 0 Å². The minimum absolute atomic E-state index is 0.0440. The van der Waals surface area contributed by atoms with Gasteiger partial charge in [-0.25, -0.2) is 0 Å². The van der Waals surface area contributed by atoms with Gasteiger partial charge in [0.05, 0.1) is 0 Å². The quantitative estimate of drug-likeness (QED) is 0.209. The number of allylic oxidation sites excluding steroid dienone is 2. The van der Waals surface area contributed by atoms with Crippen LogP contribution in [0.4, 0.5) is 0 Å². The zero-order valence-corrected chi connectivity index (χ0v) is 22.8. The van der Waals surface area contributed by atoms with E-state index in [0.29, 0.717) is 0 Å². The predicted octanol–water partition coefficient (Wildman–Crippen LogP) is 10.7. The summed E-state index contributed by atoms with van der Waals surface area (Å²) < 4.78 is 12.8. The van der Waals surface area contributed by atoms with Gasteiger partial charge >= 0.3 is 0 Å². The maximum atomic E-state index is 6.50. The molecule has 2 heteroatoms. The molecule has 0 N–H and O–H groups in total. The van der Waals surface area contributed by atoms with Crippen molar-refractivity contribution in [2.45, 2.75) is 12.0 Å². The van der Waals surface area contributed by atoms with Crippen LogP contribution in [0.1, 0.15) is 11.5 Å². The van der Waals surface area contributed by atoms with Crippen molar-refractivity contribution in [3.63, 3.8) is 0 Å². The highest BCUT2D eigenvalue weighted by Gasteiger charge is 2.35. The SMILES string of the molecule is C1=CC2Oc3cccc(-c4cc5cc(-c6c7ccccc7c(-c7ccccc7)c7ccccc67)ccc5o4)c3C2C=C1. The van der Waals surface area contributed by atoms with E-state index >= 15 is 0 Å². The summed E-state index contributed by atoms with van der Waals surface area (Å²) in [6, 6.07) is 43.4. The molecule has 0 saturated carbocycles. The van der Waals surface area contributed by atoms with Crippen LogP contribution in [-0.4, -0.2) is 6.10 Å². The highest BCUT2D eigenvalue weighted by Crippen LogP contribution is 2.48. The normalized spacial score (nSPS) is 17.0. The molecule has 7 aromatic rings. The Balaban J connectivity index is 1.24. The molecule has 2 aliphatic rings. The maximum Gasteiger partial charge on any atom is 0.135 e. The standard InChI is InChI=1S/C40H26O2/c1-2-11-25(12-3-1)38-28-13-4-6-15-30(28)39(31-16-7-5-14-29(31)38)26-21-22-34-27(23-26)24-37(41-34)33-18-10-20-36-40(33)32-17-8-9-19-35(32)42-36/h1-24,32,35H. The number of rotatable bonds is 3. The number of hydrogen-bond donors (Lipinski definition) is 0. The van der Waals surface area contributed by atoms with E-state index in [4.69, 9.17) is 9.15 Å². The second-order valence-corrected chi connectivity index (χ2v) is 11.2. The van der Waals surface area contributed by atoms with Crippen molar-refractivity contribution in [1.29, 1.82) is 0 Å². The minimum Gasteiger partial charge on any atom is -0.485 e. The fourth-order valence-corrected chi connectivity index (χ4v) is 7.00. The fraction of sp³-hybridized carbons (Fsp3) is 0.0500. The lowest BCUT2D eigenvalue weighted by molar-refractivity contribution is 0.269. The van der Waals surface area contributed by atoms with Gasteiger partial charge in [0.25, 0.3) is 0 Å². The molecule has 0 fully saturated rings. The summed E-state index contributed by atoms with van der Waals surface area (Å²) in [5.41, 5.74) is 8.14. The van der Waals surface area contributed by atoms with Crippen molar-refractivity contribution in [3.05, 3.63) is 151 Å². The summed E-state index contributed by atoms with van der Waals surface area (Å²) in [5, 5.41) is 6.11. The van der Waals surface area contributed by atoms with Crippen LogP contribution in [0.15, 0.2) is 150 Å². The first-order valence-corrected chi connectivity index (χ1v) is 14.5. The second-order valence-electron chi connectivity index (χ2n) is 11.2. The van der Waals surface area contributed by atoms with Gasteiger partial charge in [-0.2, -0.15) is 0 Å². The van der Waals surface area contributed by atoms with E-state index in [2.05, 4.69) is 146 Å². The van der Waals surface area contributed by atoms with Gasteiger partial charge in [0.2, 0.25) is 0 Å². The number of fused-ring (bicyclic) bond motifs is 6. The van der Waals surface area contributed by atoms with Crippen LogP contribution in [0.3, 0.4) is 0 Å². The summed E-state index contributed by atoms with van der Waals surface area (Å²) in [7, 11) is 0. The number of ether oxygens (including phenoxy) is 1. The third-order valence-corrected chi connectivity index (χ3v) is 8.81. The summed E-state index contributed by atoms with van der Waals surface area (Å²) in [4.78, 5) is 0. The smallest absolute Gasteiger partial charge is 0.135 e. The predicted molar refractivity (Wildman–Crippen MR) is 173 cm³/mol. The Morgan fingerprint density at radius 2 is 1.19 bits per heavy atom. The summed E-state index contributed by atoms with van der Waals surface area (Å²) in [5.74, 6) is 2.02. The van der Waals surface area contributed by atoms with Gasteiger partial charge in [0.1, 0.15) is 23.2 Å². The van der Waals surface area contributed by atoms with Crippen LogP contribution in [0.25, 0.3) is 66.1 Å². The molecule has 9 rings (SSSR count). The highest BCUT2D eigenvalue weighted by molar-refractivity contribution is 6.21. The number of benzene rings is 6. The van der Waals surface area contributed by atoms with Crippen LogP contribution in [0.2, 0.25) is 0 Å². The Morgan fingerprint density at radius 1 is 0.524 bits per heavy atom. The number of furan rings is 1. The molecule has 0 amide bonds. The monoisotopic (exact) mass is 538 g/mol. The first kappa shape index (κ1) is 23.4. The van der Waals surface area contributed by atoms with Crippen LogP contribution in [0.5, 0.6) is 5.75 Å². The van der Waals surface area contributed by atoms with E-state index in [0.717, 1.165) is 28.0 Å². The van der Waals surface area contributed by atoms with Crippen molar-refractivity contribution < 1.29 is 9.15 Å². The summed E-state index contributed by atoms with van der Waals surface area (Å²) >= 11 is 0. The Hall–Kier alpha value is -5.34. The van der Waals surface area contributed by atoms with E-state index in [1.165, 1.54) is 49.4 Å². The molecule has 2 unspecified atom stereocenters. The van der Waals surface area contributed by atoms with E-state index in [-0.39, 0.29) is 12.0 Å². The van der Waals surface area contributed by atoms with Crippen molar-refractivity contribution >= 4 is 32.5 Å². The van der Waals surface area contributed by atoms with Gasteiger partial charge in [0.15, 0.2) is 0 Å². The molecule has 0 spiro atoms. The lowest BCUT2D eigenvalue weighted by Crippen LogP contribution is -2.15. The average molecular weight is 539 g/mol. The van der Waals surface area contributed by atoms with E-state index in [1.807, 2.05) is 0 Å². The summed E-state index contributed by atoms with van der Waals surface area (Å²) in [6.45, 7) is 0. The molecule has 198 valence electrons. The third kappa shape index (κ3) is 3.45.